The normalized spacial score (nSPS) is 10.1. The number of aromatic nitrogens is 1. The van der Waals surface area contributed by atoms with Gasteiger partial charge >= 0.3 is 0 Å². The number of hydrogen-bond donors (Lipinski definition) is 0. The average Bonchev–Trinajstić information content (AvgIpc) is 2.15. The molecule has 0 atom stereocenters. The summed E-state index contributed by atoms with van der Waals surface area (Å²) in [5.41, 5.74) is 1.38. The molecule has 0 unspecified atom stereocenters. The van der Waals surface area contributed by atoms with E-state index in [9.17, 15) is 0 Å². The van der Waals surface area contributed by atoms with Crippen molar-refractivity contribution in [3.8, 4) is 0 Å². The second kappa shape index (κ2) is 4.85. The third kappa shape index (κ3) is 2.72. The number of pyridine rings is 1. The van der Waals surface area contributed by atoms with E-state index in [0.717, 1.165) is 6.42 Å². The minimum atomic E-state index is 1.16. The fourth-order valence-electron chi connectivity index (χ4n) is 1.42. The zero-order valence-electron chi connectivity index (χ0n) is 8.83. The third-order valence-electron chi connectivity index (χ3n) is 2.14. The van der Waals surface area contributed by atoms with Crippen molar-refractivity contribution in [3.05, 3.63) is 30.1 Å². The summed E-state index contributed by atoms with van der Waals surface area (Å²) in [6.07, 6.45) is 5.78. The van der Waals surface area contributed by atoms with E-state index in [1.807, 2.05) is 0 Å². The van der Waals surface area contributed by atoms with Crippen LogP contribution < -0.4 is 9.69 Å². The highest BCUT2D eigenvalue weighted by molar-refractivity contribution is 4.97. The Morgan fingerprint density at radius 2 is 2.08 bits per heavy atom. The molecule has 0 aliphatic rings. The van der Waals surface area contributed by atoms with Gasteiger partial charge in [-0.25, -0.2) is 0 Å². The molecule has 1 aromatic heterocycles. The lowest BCUT2D eigenvalue weighted by Crippen LogP contribution is -2.55. The second-order valence-corrected chi connectivity index (χ2v) is 3.49. The Morgan fingerprint density at radius 1 is 1.31 bits per heavy atom. The maximum atomic E-state index is 2.23. The number of aryl methyl sites for hydroxylation is 1. The molecule has 0 fully saturated rings. The predicted octanol–water partition coefficient (Wildman–Crippen LogP) is 1.51. The highest BCUT2D eigenvalue weighted by Crippen LogP contribution is 1.98. The largest absolute Gasteiger partial charge is 0.211 e. The van der Waals surface area contributed by atoms with Gasteiger partial charge in [-0.05, 0) is 12.5 Å². The fraction of sp³-hybridized carbons (Fsp3) is 0.545. The fourth-order valence-corrected chi connectivity index (χ4v) is 1.42. The first kappa shape index (κ1) is 10.0. The maximum absolute atomic E-state index is 2.23. The minimum absolute atomic E-state index is 1.16. The standard InChI is InChI=1S/C11H19N2/c1-4-5-8-11-9-6-7-10-13(11)12(2)3/h6-7,9-10H,4-5,8H2,1-3H3/q+1. The molecule has 0 saturated heterocycles. The van der Waals surface area contributed by atoms with Crippen molar-refractivity contribution in [2.75, 3.05) is 19.1 Å². The monoisotopic (exact) mass is 179 g/mol. The van der Waals surface area contributed by atoms with Crippen LogP contribution in [0.3, 0.4) is 0 Å². The molecule has 0 bridgehead atoms. The van der Waals surface area contributed by atoms with Gasteiger partial charge in [-0.1, -0.05) is 18.0 Å². The lowest BCUT2D eigenvalue weighted by molar-refractivity contribution is -0.694. The van der Waals surface area contributed by atoms with E-state index in [2.05, 4.69) is 55.1 Å². The van der Waals surface area contributed by atoms with E-state index in [4.69, 9.17) is 0 Å². The highest BCUT2D eigenvalue weighted by atomic mass is 15.5. The molecule has 0 aromatic carbocycles. The molecular weight excluding hydrogens is 160 g/mol. The van der Waals surface area contributed by atoms with Crippen molar-refractivity contribution in [3.63, 3.8) is 0 Å². The highest BCUT2D eigenvalue weighted by Gasteiger charge is 2.09. The molecule has 0 saturated carbocycles. The summed E-state index contributed by atoms with van der Waals surface area (Å²) in [6, 6.07) is 6.36. The van der Waals surface area contributed by atoms with Crippen LogP contribution in [0.1, 0.15) is 25.5 Å². The van der Waals surface area contributed by atoms with Gasteiger partial charge in [0.1, 0.15) is 0 Å². The number of nitrogens with zero attached hydrogens (tertiary/aromatic N) is 2. The first-order valence-corrected chi connectivity index (χ1v) is 4.93. The summed E-state index contributed by atoms with van der Waals surface area (Å²) in [6.45, 7) is 2.23. The van der Waals surface area contributed by atoms with E-state index >= 15 is 0 Å². The Bertz CT molecular complexity index is 256. The van der Waals surface area contributed by atoms with Crippen LogP contribution in [-0.4, -0.2) is 14.1 Å². The van der Waals surface area contributed by atoms with Crippen molar-refractivity contribution in [1.82, 2.24) is 0 Å². The third-order valence-corrected chi connectivity index (χ3v) is 2.14. The molecule has 1 rings (SSSR count). The van der Waals surface area contributed by atoms with Crippen LogP contribution in [0.5, 0.6) is 0 Å². The van der Waals surface area contributed by atoms with Crippen molar-refractivity contribution in [1.29, 1.82) is 0 Å². The van der Waals surface area contributed by atoms with Crippen molar-refractivity contribution in [2.24, 2.45) is 0 Å². The molecule has 0 N–H and O–H groups in total. The van der Waals surface area contributed by atoms with Gasteiger partial charge in [0.25, 0.3) is 0 Å². The van der Waals surface area contributed by atoms with Gasteiger partial charge in [-0.2, -0.15) is 5.01 Å². The van der Waals surface area contributed by atoms with E-state index < -0.39 is 0 Å². The smallest absolute Gasteiger partial charge is 0.187 e. The molecule has 1 aromatic rings. The van der Waals surface area contributed by atoms with Gasteiger partial charge in [-0.15, -0.1) is 0 Å². The van der Waals surface area contributed by atoms with E-state index in [1.165, 1.54) is 18.5 Å². The molecule has 2 heteroatoms. The number of unbranched alkanes of at least 4 members (excludes halogenated alkanes) is 1. The van der Waals surface area contributed by atoms with Crippen LogP contribution in [-0.2, 0) is 6.42 Å². The van der Waals surface area contributed by atoms with Crippen LogP contribution >= 0.6 is 0 Å². The molecule has 0 spiro atoms. The van der Waals surface area contributed by atoms with E-state index in [-0.39, 0.29) is 0 Å². The lowest BCUT2D eigenvalue weighted by atomic mass is 10.2. The van der Waals surface area contributed by atoms with Crippen molar-refractivity contribution >= 4 is 0 Å². The van der Waals surface area contributed by atoms with Crippen LogP contribution in [0, 0.1) is 0 Å². The Balaban J connectivity index is 2.78. The SMILES string of the molecule is CCCCc1cccc[n+]1N(C)C. The van der Waals surface area contributed by atoms with Crippen molar-refractivity contribution < 1.29 is 4.68 Å². The quantitative estimate of drug-likeness (QED) is 0.636. The van der Waals surface area contributed by atoms with Gasteiger partial charge in [0, 0.05) is 18.6 Å². The number of hydrogen-bond acceptors (Lipinski definition) is 1. The van der Waals surface area contributed by atoms with Crippen LogP contribution in [0.15, 0.2) is 24.4 Å². The predicted molar refractivity (Wildman–Crippen MR) is 55.3 cm³/mol. The first-order valence-electron chi connectivity index (χ1n) is 4.93. The van der Waals surface area contributed by atoms with Gasteiger partial charge in [0.05, 0.1) is 14.1 Å². The summed E-state index contributed by atoms with van der Waals surface area (Å²) >= 11 is 0. The minimum Gasteiger partial charge on any atom is -0.187 e. The summed E-state index contributed by atoms with van der Waals surface area (Å²) in [5, 5.41) is 2.10. The summed E-state index contributed by atoms with van der Waals surface area (Å²) in [4.78, 5) is 0. The van der Waals surface area contributed by atoms with Crippen molar-refractivity contribution in [2.45, 2.75) is 26.2 Å². The van der Waals surface area contributed by atoms with Crippen LogP contribution in [0.4, 0.5) is 0 Å². The summed E-state index contributed by atoms with van der Waals surface area (Å²) < 4.78 is 2.19. The molecule has 1 heterocycles. The van der Waals surface area contributed by atoms with Crippen LogP contribution in [0.2, 0.25) is 0 Å². The summed E-state index contributed by atoms with van der Waals surface area (Å²) in [7, 11) is 4.13. The molecule has 0 aliphatic carbocycles. The van der Waals surface area contributed by atoms with Gasteiger partial charge in [0.2, 0.25) is 5.69 Å². The zero-order valence-corrected chi connectivity index (χ0v) is 8.83. The Kier molecular flexibility index (Phi) is 3.74. The van der Waals surface area contributed by atoms with Crippen LogP contribution in [0.25, 0.3) is 0 Å². The lowest BCUT2D eigenvalue weighted by Gasteiger charge is -2.08. The Labute approximate surface area is 80.8 Å². The zero-order chi connectivity index (χ0) is 9.68. The second-order valence-electron chi connectivity index (χ2n) is 3.49. The molecule has 0 radical (unpaired) electrons. The topological polar surface area (TPSA) is 7.12 Å². The molecule has 0 amide bonds. The molecular formula is C11H19N2+. The molecule has 72 valence electrons. The van der Waals surface area contributed by atoms with E-state index in [0.29, 0.717) is 0 Å². The van der Waals surface area contributed by atoms with Gasteiger partial charge < -0.3 is 0 Å². The Morgan fingerprint density at radius 3 is 2.69 bits per heavy atom. The van der Waals surface area contributed by atoms with Gasteiger partial charge in [-0.3, -0.25) is 0 Å². The Hall–Kier alpha value is -1.05. The maximum Gasteiger partial charge on any atom is 0.211 e. The first-order chi connectivity index (χ1) is 6.25. The molecule has 2 nitrogen and oxygen atoms in total. The summed E-state index contributed by atoms with van der Waals surface area (Å²) in [5.74, 6) is 0. The van der Waals surface area contributed by atoms with Gasteiger partial charge in [0.15, 0.2) is 6.20 Å². The average molecular weight is 179 g/mol. The number of rotatable bonds is 4. The van der Waals surface area contributed by atoms with E-state index in [1.54, 1.807) is 0 Å². The molecule has 0 aliphatic heterocycles. The molecule has 13 heavy (non-hydrogen) atoms.